The van der Waals surface area contributed by atoms with E-state index in [-0.39, 0.29) is 12.5 Å². The van der Waals surface area contributed by atoms with Crippen LogP contribution in [0.5, 0.6) is 0 Å². The summed E-state index contributed by atoms with van der Waals surface area (Å²) in [6.45, 7) is 3.52. The molecule has 20 heavy (non-hydrogen) atoms. The Balaban J connectivity index is 1.92. The lowest BCUT2D eigenvalue weighted by atomic mass is 10.1. The molecule has 0 radical (unpaired) electrons. The number of nitrogens with zero attached hydrogens (tertiary/aromatic N) is 4. The number of aromatic nitrogens is 3. The monoisotopic (exact) mass is 293 g/mol. The molecule has 1 aliphatic heterocycles. The molecule has 1 N–H and O–H groups in total. The maximum atomic E-state index is 12.1. The van der Waals surface area contributed by atoms with Gasteiger partial charge in [0.2, 0.25) is 0 Å². The van der Waals surface area contributed by atoms with E-state index in [2.05, 4.69) is 15.4 Å². The molecule has 2 aromatic rings. The molecule has 0 aromatic carbocycles. The van der Waals surface area contributed by atoms with Crippen molar-refractivity contribution in [2.24, 2.45) is 0 Å². The second-order valence-corrected chi connectivity index (χ2v) is 5.53. The Labute approximate surface area is 119 Å². The predicted octanol–water partition coefficient (Wildman–Crippen LogP) is 1.21. The highest BCUT2D eigenvalue weighted by Crippen LogP contribution is 2.21. The van der Waals surface area contributed by atoms with Gasteiger partial charge in [-0.2, -0.15) is 5.10 Å². The number of fused-ring (bicyclic) bond motifs is 1. The topological polar surface area (TPSA) is 79.6 Å². The zero-order valence-corrected chi connectivity index (χ0v) is 11.7. The summed E-state index contributed by atoms with van der Waals surface area (Å²) in [6, 6.07) is 1.36. The summed E-state index contributed by atoms with van der Waals surface area (Å²) in [5.74, 6) is -0.255. The van der Waals surface area contributed by atoms with Crippen molar-refractivity contribution in [3.8, 4) is 0 Å². The first-order valence-electron chi connectivity index (χ1n) is 6.00. The lowest BCUT2D eigenvalue weighted by Crippen LogP contribution is -2.40. The van der Waals surface area contributed by atoms with Crippen molar-refractivity contribution in [3.63, 3.8) is 0 Å². The highest BCUT2D eigenvalue weighted by molar-refractivity contribution is 6.32. The van der Waals surface area contributed by atoms with Gasteiger partial charge in [-0.1, -0.05) is 11.6 Å². The molecule has 3 heterocycles. The van der Waals surface area contributed by atoms with Crippen molar-refractivity contribution in [3.05, 3.63) is 29.3 Å². The molecule has 1 saturated heterocycles. The lowest BCUT2D eigenvalue weighted by Gasteiger charge is -2.15. The van der Waals surface area contributed by atoms with E-state index in [0.717, 1.165) is 5.56 Å². The molecule has 0 saturated carbocycles. The zero-order chi connectivity index (χ0) is 14.5. The van der Waals surface area contributed by atoms with Gasteiger partial charge in [0.05, 0.1) is 6.54 Å². The van der Waals surface area contributed by atoms with Crippen LogP contribution in [-0.4, -0.2) is 37.0 Å². The summed E-state index contributed by atoms with van der Waals surface area (Å²) in [5.41, 5.74) is 0.525. The maximum Gasteiger partial charge on any atom is 0.325 e. The number of hydrogen-bond donors (Lipinski definition) is 1. The number of carbonyl (C=O) groups is 2. The third-order valence-corrected chi connectivity index (χ3v) is 3.49. The molecular formula is C12H12ClN5O2. The molecular weight excluding hydrogens is 282 g/mol. The largest absolute Gasteiger partial charge is 0.325 e. The van der Waals surface area contributed by atoms with Crippen LogP contribution in [0.2, 0.25) is 5.15 Å². The van der Waals surface area contributed by atoms with E-state index in [1.807, 2.05) is 0 Å². The Morgan fingerprint density at radius 2 is 2.15 bits per heavy atom. The van der Waals surface area contributed by atoms with E-state index in [0.29, 0.717) is 10.7 Å². The summed E-state index contributed by atoms with van der Waals surface area (Å²) >= 11 is 5.96. The van der Waals surface area contributed by atoms with Crippen LogP contribution in [0.25, 0.3) is 5.52 Å². The minimum atomic E-state index is -0.867. The summed E-state index contributed by atoms with van der Waals surface area (Å²) in [6.07, 6.45) is 3.06. The number of urea groups is 1. The van der Waals surface area contributed by atoms with Gasteiger partial charge in [0.25, 0.3) is 5.91 Å². The van der Waals surface area contributed by atoms with Crippen LogP contribution in [0.15, 0.2) is 18.6 Å². The fourth-order valence-corrected chi connectivity index (χ4v) is 2.37. The first-order chi connectivity index (χ1) is 9.38. The Morgan fingerprint density at radius 3 is 2.75 bits per heavy atom. The first-order valence-corrected chi connectivity index (χ1v) is 6.38. The highest BCUT2D eigenvalue weighted by atomic mass is 35.5. The lowest BCUT2D eigenvalue weighted by molar-refractivity contribution is -0.130. The Bertz CT molecular complexity index is 724. The van der Waals surface area contributed by atoms with Gasteiger partial charge in [-0.25, -0.2) is 14.3 Å². The summed E-state index contributed by atoms with van der Waals surface area (Å²) in [4.78, 5) is 29.0. The number of imide groups is 1. The van der Waals surface area contributed by atoms with Crippen LogP contribution in [0.1, 0.15) is 19.4 Å². The Hall–Kier alpha value is -2.15. The van der Waals surface area contributed by atoms with Gasteiger partial charge in [0.15, 0.2) is 5.15 Å². The van der Waals surface area contributed by atoms with Gasteiger partial charge in [0, 0.05) is 6.20 Å². The summed E-state index contributed by atoms with van der Waals surface area (Å²) in [5, 5.41) is 6.98. The minimum Gasteiger partial charge on any atom is -0.324 e. The van der Waals surface area contributed by atoms with Crippen molar-refractivity contribution < 1.29 is 9.59 Å². The molecule has 0 bridgehead atoms. The van der Waals surface area contributed by atoms with Crippen molar-refractivity contribution in [1.29, 1.82) is 0 Å². The van der Waals surface area contributed by atoms with Crippen LogP contribution in [0.3, 0.4) is 0 Å². The van der Waals surface area contributed by atoms with E-state index in [4.69, 9.17) is 11.6 Å². The maximum absolute atomic E-state index is 12.1. The molecule has 1 fully saturated rings. The van der Waals surface area contributed by atoms with Gasteiger partial charge < -0.3 is 5.32 Å². The number of rotatable bonds is 2. The van der Waals surface area contributed by atoms with E-state index in [9.17, 15) is 9.59 Å². The van der Waals surface area contributed by atoms with Crippen molar-refractivity contribution >= 4 is 29.1 Å². The van der Waals surface area contributed by atoms with Gasteiger partial charge in [-0.3, -0.25) is 9.69 Å². The minimum absolute atomic E-state index is 0.174. The summed E-state index contributed by atoms with van der Waals surface area (Å²) in [7, 11) is 0. The Kier molecular flexibility index (Phi) is 2.68. The van der Waals surface area contributed by atoms with E-state index in [1.54, 1.807) is 30.6 Å². The average Bonchev–Trinajstić information content (AvgIpc) is 2.85. The number of amides is 3. The molecule has 7 nitrogen and oxygen atoms in total. The quantitative estimate of drug-likeness (QED) is 0.844. The van der Waals surface area contributed by atoms with Crippen molar-refractivity contribution in [2.45, 2.75) is 25.9 Å². The van der Waals surface area contributed by atoms with E-state index >= 15 is 0 Å². The fraction of sp³-hybridized carbons (Fsp3) is 0.333. The molecule has 0 spiro atoms. The smallest absolute Gasteiger partial charge is 0.324 e. The molecule has 0 unspecified atom stereocenters. The third-order valence-electron chi connectivity index (χ3n) is 3.20. The molecule has 3 amide bonds. The van der Waals surface area contributed by atoms with Gasteiger partial charge in [0.1, 0.15) is 17.4 Å². The molecule has 0 atom stereocenters. The molecule has 0 aliphatic carbocycles. The number of carbonyl (C=O) groups excluding carboxylic acids is 2. The Morgan fingerprint density at radius 1 is 1.40 bits per heavy atom. The molecule has 2 aromatic heterocycles. The van der Waals surface area contributed by atoms with Crippen LogP contribution >= 0.6 is 11.6 Å². The fourth-order valence-electron chi connectivity index (χ4n) is 2.18. The first kappa shape index (κ1) is 12.9. The molecule has 104 valence electrons. The normalized spacial score (nSPS) is 17.9. The molecule has 3 rings (SSSR count). The second-order valence-electron chi connectivity index (χ2n) is 5.18. The SMILES string of the molecule is CC1(C)NC(=O)N(Cc2cc3c(Cl)ncnn3c2)C1=O. The van der Waals surface area contributed by atoms with Crippen LogP contribution in [-0.2, 0) is 11.3 Å². The third kappa shape index (κ3) is 1.90. The number of nitrogens with one attached hydrogen (secondary N) is 1. The van der Waals surface area contributed by atoms with Crippen molar-refractivity contribution in [2.75, 3.05) is 0 Å². The van der Waals surface area contributed by atoms with Crippen LogP contribution in [0, 0.1) is 0 Å². The van der Waals surface area contributed by atoms with E-state index in [1.165, 1.54) is 11.2 Å². The van der Waals surface area contributed by atoms with Gasteiger partial charge in [-0.05, 0) is 25.5 Å². The molecule has 8 heteroatoms. The summed E-state index contributed by atoms with van der Waals surface area (Å²) < 4.78 is 1.56. The molecule has 1 aliphatic rings. The zero-order valence-electron chi connectivity index (χ0n) is 10.9. The standard InChI is InChI=1S/C12H12ClN5O2/c1-12(2)10(19)17(11(20)16-12)4-7-3-8-9(13)14-6-15-18(8)5-7/h3,5-6H,4H2,1-2H3,(H,16,20). The highest BCUT2D eigenvalue weighted by Gasteiger charge is 2.44. The van der Waals surface area contributed by atoms with Gasteiger partial charge >= 0.3 is 6.03 Å². The predicted molar refractivity (Wildman–Crippen MR) is 71.2 cm³/mol. The number of hydrogen-bond acceptors (Lipinski definition) is 4. The average molecular weight is 294 g/mol. The van der Waals surface area contributed by atoms with Crippen LogP contribution < -0.4 is 5.32 Å². The van der Waals surface area contributed by atoms with Gasteiger partial charge in [-0.15, -0.1) is 0 Å². The van der Waals surface area contributed by atoms with E-state index < -0.39 is 11.6 Å². The van der Waals surface area contributed by atoms with Crippen molar-refractivity contribution in [1.82, 2.24) is 24.8 Å². The number of halogens is 1. The van der Waals surface area contributed by atoms with Crippen LogP contribution in [0.4, 0.5) is 4.79 Å². The second kappa shape index (κ2) is 4.17.